The molecule has 0 aromatic carbocycles. The van der Waals surface area contributed by atoms with E-state index >= 15 is 0 Å². The Kier molecular flexibility index (Phi) is 11.8. The van der Waals surface area contributed by atoms with Crippen molar-refractivity contribution >= 4 is 30.7 Å². The van der Waals surface area contributed by atoms with E-state index in [1.807, 2.05) is 25.6 Å². The highest BCUT2D eigenvalue weighted by Gasteiger charge is 2.10. The van der Waals surface area contributed by atoms with Crippen molar-refractivity contribution in [3.05, 3.63) is 17.0 Å². The minimum atomic E-state index is 0. The van der Waals surface area contributed by atoms with Crippen LogP contribution in [0, 0.1) is 13.8 Å². The number of hydrogen-bond acceptors (Lipinski definition) is 3. The lowest BCUT2D eigenvalue weighted by atomic mass is 10.1. The predicted octanol–water partition coefficient (Wildman–Crippen LogP) is 1.54. The maximum atomic E-state index is 11.6. The van der Waals surface area contributed by atoms with E-state index in [-0.39, 0.29) is 30.7 Å². The Balaban J connectivity index is 0. The Morgan fingerprint density at radius 3 is 2.40 bits per heavy atom. The van der Waals surface area contributed by atoms with Gasteiger partial charge in [0, 0.05) is 32.3 Å². The quantitative estimate of drug-likeness (QED) is 0.748. The molecule has 118 valence electrons. The second-order valence-corrected chi connectivity index (χ2v) is 4.48. The number of carbonyl (C=O) groups is 1. The molecular weight excluding hydrogens is 299 g/mol. The minimum absolute atomic E-state index is 0. The van der Waals surface area contributed by atoms with Gasteiger partial charge in [0.25, 0.3) is 0 Å². The highest BCUT2D eigenvalue weighted by atomic mass is 35.5. The third kappa shape index (κ3) is 6.59. The average molecular weight is 325 g/mol. The highest BCUT2D eigenvalue weighted by Crippen LogP contribution is 2.13. The average Bonchev–Trinajstić information content (AvgIpc) is 2.57. The van der Waals surface area contributed by atoms with E-state index in [4.69, 9.17) is 0 Å². The van der Waals surface area contributed by atoms with Crippen molar-refractivity contribution in [2.45, 2.75) is 33.6 Å². The summed E-state index contributed by atoms with van der Waals surface area (Å²) in [4.78, 5) is 11.6. The lowest BCUT2D eigenvalue weighted by Crippen LogP contribution is -2.31. The molecule has 1 aromatic rings. The summed E-state index contributed by atoms with van der Waals surface area (Å²) in [6, 6.07) is 0. The van der Waals surface area contributed by atoms with Crippen molar-refractivity contribution in [1.82, 2.24) is 20.4 Å². The predicted molar refractivity (Wildman–Crippen MR) is 87.1 cm³/mol. The number of halogens is 2. The fourth-order valence-electron chi connectivity index (χ4n) is 1.97. The SMILES string of the molecule is CCNCCNC(=O)CCc1c(C)nn(C)c1C.Cl.Cl. The lowest BCUT2D eigenvalue weighted by Gasteiger charge is -2.06. The Labute approximate surface area is 133 Å². The lowest BCUT2D eigenvalue weighted by molar-refractivity contribution is -0.121. The smallest absolute Gasteiger partial charge is 0.220 e. The number of hydrogen-bond donors (Lipinski definition) is 2. The van der Waals surface area contributed by atoms with Gasteiger partial charge in [-0.25, -0.2) is 0 Å². The fourth-order valence-corrected chi connectivity index (χ4v) is 1.97. The maximum Gasteiger partial charge on any atom is 0.220 e. The van der Waals surface area contributed by atoms with Crippen LogP contribution in [0.25, 0.3) is 0 Å². The minimum Gasteiger partial charge on any atom is -0.355 e. The largest absolute Gasteiger partial charge is 0.355 e. The molecule has 1 rings (SSSR count). The molecule has 1 heterocycles. The second-order valence-electron chi connectivity index (χ2n) is 4.48. The molecular formula is C13H26Cl2N4O. The van der Waals surface area contributed by atoms with Crippen LogP contribution in [0.15, 0.2) is 0 Å². The van der Waals surface area contributed by atoms with Crippen LogP contribution in [-0.4, -0.2) is 35.3 Å². The Hall–Kier alpha value is -0.780. The van der Waals surface area contributed by atoms with Gasteiger partial charge >= 0.3 is 0 Å². The Morgan fingerprint density at radius 1 is 1.25 bits per heavy atom. The van der Waals surface area contributed by atoms with Crippen molar-refractivity contribution in [3.63, 3.8) is 0 Å². The summed E-state index contributed by atoms with van der Waals surface area (Å²) in [5.74, 6) is 0.107. The fraction of sp³-hybridized carbons (Fsp3) is 0.692. The number of nitrogens with one attached hydrogen (secondary N) is 2. The first kappa shape index (κ1) is 21.5. The van der Waals surface area contributed by atoms with Crippen molar-refractivity contribution in [1.29, 1.82) is 0 Å². The molecule has 5 nitrogen and oxygen atoms in total. The van der Waals surface area contributed by atoms with Gasteiger partial charge in [-0.2, -0.15) is 5.10 Å². The van der Waals surface area contributed by atoms with Gasteiger partial charge in [0.05, 0.1) is 5.69 Å². The molecule has 7 heteroatoms. The molecule has 0 unspecified atom stereocenters. The molecule has 0 fully saturated rings. The molecule has 0 aliphatic rings. The van der Waals surface area contributed by atoms with Crippen LogP contribution in [0.2, 0.25) is 0 Å². The van der Waals surface area contributed by atoms with Crippen LogP contribution in [0.5, 0.6) is 0 Å². The molecule has 0 aliphatic heterocycles. The van der Waals surface area contributed by atoms with E-state index < -0.39 is 0 Å². The van der Waals surface area contributed by atoms with E-state index in [2.05, 4.69) is 22.7 Å². The first-order valence-electron chi connectivity index (χ1n) is 6.52. The van der Waals surface area contributed by atoms with Gasteiger partial charge in [-0.05, 0) is 32.4 Å². The van der Waals surface area contributed by atoms with E-state index in [1.165, 1.54) is 5.56 Å². The zero-order chi connectivity index (χ0) is 13.5. The van der Waals surface area contributed by atoms with Crippen LogP contribution in [0.1, 0.15) is 30.3 Å². The Bertz CT molecular complexity index is 407. The monoisotopic (exact) mass is 324 g/mol. The van der Waals surface area contributed by atoms with Gasteiger partial charge < -0.3 is 10.6 Å². The number of amides is 1. The summed E-state index contributed by atoms with van der Waals surface area (Å²) in [6.07, 6.45) is 1.29. The normalized spacial score (nSPS) is 9.60. The summed E-state index contributed by atoms with van der Waals surface area (Å²) in [7, 11) is 1.93. The van der Waals surface area contributed by atoms with Gasteiger partial charge in [-0.15, -0.1) is 24.8 Å². The maximum absolute atomic E-state index is 11.6. The Morgan fingerprint density at radius 2 is 1.90 bits per heavy atom. The molecule has 0 aliphatic carbocycles. The van der Waals surface area contributed by atoms with Gasteiger partial charge in [-0.3, -0.25) is 9.48 Å². The van der Waals surface area contributed by atoms with Crippen LogP contribution < -0.4 is 10.6 Å². The molecule has 0 saturated carbocycles. The number of likely N-dealkylation sites (N-methyl/N-ethyl adjacent to an activating group) is 1. The number of aryl methyl sites for hydroxylation is 2. The summed E-state index contributed by atoms with van der Waals surface area (Å²) in [5.41, 5.74) is 3.36. The van der Waals surface area contributed by atoms with Crippen molar-refractivity contribution in [2.24, 2.45) is 7.05 Å². The standard InChI is InChI=1S/C13H24N4O.2ClH/c1-5-14-8-9-15-13(18)7-6-12-10(2)16-17(4)11(12)3;;/h14H,5-9H2,1-4H3,(H,15,18);2*1H. The summed E-state index contributed by atoms with van der Waals surface area (Å²) in [5, 5.41) is 10.4. The second kappa shape index (κ2) is 10.9. The van der Waals surface area contributed by atoms with Gasteiger partial charge in [0.2, 0.25) is 5.91 Å². The van der Waals surface area contributed by atoms with E-state index in [0.29, 0.717) is 13.0 Å². The molecule has 0 bridgehead atoms. The molecule has 1 aromatic heterocycles. The van der Waals surface area contributed by atoms with Crippen molar-refractivity contribution < 1.29 is 4.79 Å². The first-order valence-corrected chi connectivity index (χ1v) is 6.52. The topological polar surface area (TPSA) is 58.9 Å². The zero-order valence-corrected chi connectivity index (χ0v) is 14.3. The van der Waals surface area contributed by atoms with Gasteiger partial charge in [0.15, 0.2) is 0 Å². The number of rotatable bonds is 7. The number of aromatic nitrogens is 2. The van der Waals surface area contributed by atoms with E-state index in [9.17, 15) is 4.79 Å². The summed E-state index contributed by atoms with van der Waals surface area (Å²) >= 11 is 0. The summed E-state index contributed by atoms with van der Waals surface area (Å²) in [6.45, 7) is 8.54. The molecule has 0 atom stereocenters. The van der Waals surface area contributed by atoms with Crippen LogP contribution in [0.3, 0.4) is 0 Å². The van der Waals surface area contributed by atoms with Crippen LogP contribution in [-0.2, 0) is 18.3 Å². The molecule has 0 saturated heterocycles. The highest BCUT2D eigenvalue weighted by molar-refractivity contribution is 5.85. The van der Waals surface area contributed by atoms with Crippen molar-refractivity contribution in [2.75, 3.05) is 19.6 Å². The third-order valence-electron chi connectivity index (χ3n) is 3.13. The number of nitrogens with zero attached hydrogens (tertiary/aromatic N) is 2. The van der Waals surface area contributed by atoms with Gasteiger partial charge in [-0.1, -0.05) is 6.92 Å². The van der Waals surface area contributed by atoms with E-state index in [1.54, 1.807) is 0 Å². The molecule has 2 N–H and O–H groups in total. The van der Waals surface area contributed by atoms with Crippen LogP contribution in [0.4, 0.5) is 0 Å². The number of carbonyl (C=O) groups excluding carboxylic acids is 1. The summed E-state index contributed by atoms with van der Waals surface area (Å²) < 4.78 is 1.87. The molecule has 0 radical (unpaired) electrons. The molecule has 1 amide bonds. The molecule has 0 spiro atoms. The first-order chi connectivity index (χ1) is 8.56. The van der Waals surface area contributed by atoms with Crippen LogP contribution >= 0.6 is 24.8 Å². The molecule has 20 heavy (non-hydrogen) atoms. The zero-order valence-electron chi connectivity index (χ0n) is 12.7. The van der Waals surface area contributed by atoms with E-state index in [0.717, 1.165) is 30.9 Å². The third-order valence-corrected chi connectivity index (χ3v) is 3.13. The van der Waals surface area contributed by atoms with Crippen molar-refractivity contribution in [3.8, 4) is 0 Å². The van der Waals surface area contributed by atoms with Gasteiger partial charge in [0.1, 0.15) is 0 Å².